The molecule has 0 bridgehead atoms. The monoisotopic (exact) mass is 1090 g/mol. The molecule has 0 radical (unpaired) electrons. The fraction of sp³-hybridized carbons (Fsp3) is 0.808. The summed E-state index contributed by atoms with van der Waals surface area (Å²) in [6.07, 6.45) is 40.0. The zero-order valence-corrected chi connectivity index (χ0v) is 55.7. The van der Waals surface area contributed by atoms with E-state index < -0.39 is 0 Å². The van der Waals surface area contributed by atoms with Crippen molar-refractivity contribution in [2.45, 2.75) is 303 Å². The van der Waals surface area contributed by atoms with Crippen LogP contribution in [0.25, 0.3) is 0 Å². The van der Waals surface area contributed by atoms with Gasteiger partial charge in [-0.25, -0.2) is 0 Å². The van der Waals surface area contributed by atoms with Crippen LogP contribution in [-0.4, -0.2) is 13.1 Å². The minimum absolute atomic E-state index is 0.0899. The van der Waals surface area contributed by atoms with Gasteiger partial charge in [-0.15, -0.1) is 71.0 Å². The van der Waals surface area contributed by atoms with Crippen molar-refractivity contribution < 1.29 is 9.53 Å². The molecule has 0 saturated heterocycles. The molecule has 7 fully saturated rings. The number of ether oxygens (including phenoxy) is 1. The molecule has 0 aromatic heterocycles. The van der Waals surface area contributed by atoms with Gasteiger partial charge in [0.05, 0.1) is 12.5 Å². The Hall–Kier alpha value is -3.61. The van der Waals surface area contributed by atoms with Gasteiger partial charge in [-0.1, -0.05) is 151 Å². The highest BCUT2D eigenvalue weighted by Crippen LogP contribution is 2.42. The third kappa shape index (κ3) is 34.1. The molecule has 0 heterocycles. The zero-order chi connectivity index (χ0) is 59.6. The minimum atomic E-state index is -0.288. The van der Waals surface area contributed by atoms with E-state index in [0.29, 0.717) is 35.5 Å². The Morgan fingerprint density at radius 2 is 0.787 bits per heavy atom. The summed E-state index contributed by atoms with van der Waals surface area (Å²) in [5.41, 5.74) is -0.288. The molecule has 0 amide bonds. The molecule has 7 aliphatic carbocycles. The van der Waals surface area contributed by atoms with Crippen molar-refractivity contribution in [1.29, 1.82) is 0 Å². The summed E-state index contributed by atoms with van der Waals surface area (Å²) in [7, 11) is 1.45. The number of rotatable bonds is 4. The summed E-state index contributed by atoms with van der Waals surface area (Å²) in [5.74, 6) is 55.8. The van der Waals surface area contributed by atoms with Gasteiger partial charge >= 0.3 is 5.97 Å². The van der Waals surface area contributed by atoms with E-state index in [4.69, 9.17) is 4.74 Å². The van der Waals surface area contributed by atoms with Gasteiger partial charge < -0.3 is 4.74 Å². The molecular formula is C78H126O2. The van der Waals surface area contributed by atoms with E-state index in [-0.39, 0.29) is 11.4 Å². The molecule has 0 N–H and O–H groups in total. The maximum Gasteiger partial charge on any atom is 0.311 e. The van der Waals surface area contributed by atoms with E-state index in [1.807, 2.05) is 55.4 Å². The van der Waals surface area contributed by atoms with Crippen molar-refractivity contribution >= 4 is 5.97 Å². The lowest BCUT2D eigenvalue weighted by atomic mass is 9.73. The van der Waals surface area contributed by atoms with Crippen LogP contribution in [0.4, 0.5) is 0 Å². The molecule has 0 spiro atoms. The first-order valence-electron chi connectivity index (χ1n) is 33.5. The van der Waals surface area contributed by atoms with E-state index in [1.54, 1.807) is 0 Å². The van der Waals surface area contributed by atoms with Crippen LogP contribution < -0.4 is 0 Å². The molecule has 7 rings (SSSR count). The second-order valence-corrected chi connectivity index (χ2v) is 26.8. The van der Waals surface area contributed by atoms with Gasteiger partial charge in [0.25, 0.3) is 0 Å². The fourth-order valence-electron chi connectivity index (χ4n) is 13.9. The Bertz CT molecular complexity index is 2090. The van der Waals surface area contributed by atoms with Gasteiger partial charge in [-0.3, -0.25) is 4.79 Å². The van der Waals surface area contributed by atoms with Crippen molar-refractivity contribution in [2.75, 3.05) is 7.11 Å². The summed E-state index contributed by atoms with van der Waals surface area (Å²) in [6, 6.07) is 0. The number of carbonyl (C=O) groups excluding carboxylic acids is 1. The smallest absolute Gasteiger partial charge is 0.311 e. The van der Waals surface area contributed by atoms with Crippen LogP contribution in [-0.2, 0) is 9.53 Å². The summed E-state index contributed by atoms with van der Waals surface area (Å²) in [4.78, 5) is 11.4. The molecule has 16 atom stereocenters. The molecule has 7 saturated carbocycles. The van der Waals surface area contributed by atoms with Crippen molar-refractivity contribution in [3.63, 3.8) is 0 Å². The molecule has 16 unspecified atom stereocenters. The lowest BCUT2D eigenvalue weighted by Crippen LogP contribution is -2.25. The van der Waals surface area contributed by atoms with Crippen LogP contribution in [0.1, 0.15) is 303 Å². The highest BCUT2D eigenvalue weighted by molar-refractivity contribution is 5.76. The highest BCUT2D eigenvalue weighted by atomic mass is 16.5. The Kier molecular flexibility index (Phi) is 42.6. The van der Waals surface area contributed by atoms with Gasteiger partial charge in [0.1, 0.15) is 0 Å². The number of hydrogen-bond donors (Lipinski definition) is 0. The second-order valence-electron chi connectivity index (χ2n) is 26.8. The van der Waals surface area contributed by atoms with Crippen molar-refractivity contribution in [3.05, 3.63) is 0 Å². The fourth-order valence-corrected chi connectivity index (χ4v) is 13.9. The van der Waals surface area contributed by atoms with E-state index in [0.717, 1.165) is 72.5 Å². The molecule has 0 aliphatic heterocycles. The van der Waals surface area contributed by atoms with Gasteiger partial charge in [-0.2, -0.15) is 0 Å². The number of carbonyl (C=O) groups is 1. The zero-order valence-electron chi connectivity index (χ0n) is 55.7. The topological polar surface area (TPSA) is 26.3 Å². The summed E-state index contributed by atoms with van der Waals surface area (Å²) in [6.45, 7) is 34.3. The molecule has 450 valence electrons. The van der Waals surface area contributed by atoms with Gasteiger partial charge in [0, 0.05) is 41.4 Å². The SMILES string of the molecule is CC#CC1CC(C)CCC1C.CC#CC1CC(C)CCC1CCCC.CC#CC1CCC(C)(C(=O)OC)C1.CC#CC1CCC(C)C1.CC#CC1CCCC(C)C1.CC#CC1CCCCC(C)C1.CC#CC1CCCCCC(C)C1. The van der Waals surface area contributed by atoms with Crippen LogP contribution in [0.5, 0.6) is 0 Å². The first-order valence-corrected chi connectivity index (χ1v) is 33.5. The maximum absolute atomic E-state index is 11.4. The summed E-state index contributed by atoms with van der Waals surface area (Å²) in [5, 5.41) is 0. The Morgan fingerprint density at radius 3 is 1.25 bits per heavy atom. The maximum atomic E-state index is 11.4. The molecule has 7 aliphatic rings. The normalized spacial score (nSPS) is 32.9. The lowest BCUT2D eigenvalue weighted by Gasteiger charge is -2.31. The number of esters is 1. The third-order valence-electron chi connectivity index (χ3n) is 18.7. The average Bonchev–Trinajstić information content (AvgIpc) is 3.96. The first-order chi connectivity index (χ1) is 38.4. The van der Waals surface area contributed by atoms with Crippen LogP contribution in [0, 0.1) is 177 Å². The number of unbranched alkanes of at least 4 members (excludes halogenated alkanes) is 1. The Morgan fingerprint density at radius 1 is 0.412 bits per heavy atom. The number of hydrogen-bond acceptors (Lipinski definition) is 2. The van der Waals surface area contributed by atoms with Gasteiger partial charge in [-0.05, 0) is 212 Å². The predicted molar refractivity (Wildman–Crippen MR) is 351 cm³/mol. The third-order valence-corrected chi connectivity index (χ3v) is 18.7. The van der Waals surface area contributed by atoms with Crippen molar-refractivity contribution in [1.82, 2.24) is 0 Å². The van der Waals surface area contributed by atoms with E-state index in [9.17, 15) is 4.79 Å². The van der Waals surface area contributed by atoms with E-state index in [2.05, 4.69) is 138 Å². The largest absolute Gasteiger partial charge is 0.469 e. The van der Waals surface area contributed by atoms with Crippen LogP contribution in [0.15, 0.2) is 0 Å². The molecular weight excluding hydrogens is 969 g/mol. The average molecular weight is 1100 g/mol. The van der Waals surface area contributed by atoms with E-state index in [1.165, 1.54) is 180 Å². The van der Waals surface area contributed by atoms with Crippen LogP contribution in [0.2, 0.25) is 0 Å². The highest BCUT2D eigenvalue weighted by Gasteiger charge is 2.41. The van der Waals surface area contributed by atoms with Gasteiger partial charge in [0.2, 0.25) is 0 Å². The van der Waals surface area contributed by atoms with Crippen molar-refractivity contribution in [3.8, 4) is 82.9 Å². The quantitative estimate of drug-likeness (QED) is 0.159. The summed E-state index contributed by atoms with van der Waals surface area (Å²) < 4.78 is 4.78. The first kappa shape index (κ1) is 74.4. The Balaban J connectivity index is 0.000000468. The van der Waals surface area contributed by atoms with Crippen LogP contribution in [0.3, 0.4) is 0 Å². The molecule has 80 heavy (non-hydrogen) atoms. The molecule has 2 heteroatoms. The molecule has 2 nitrogen and oxygen atoms in total. The van der Waals surface area contributed by atoms with Crippen LogP contribution >= 0.6 is 0 Å². The molecule has 0 aromatic carbocycles. The minimum Gasteiger partial charge on any atom is -0.469 e. The Labute approximate surface area is 500 Å². The van der Waals surface area contributed by atoms with E-state index >= 15 is 0 Å². The molecule has 0 aromatic rings. The van der Waals surface area contributed by atoms with Gasteiger partial charge in [0.15, 0.2) is 0 Å². The van der Waals surface area contributed by atoms with Crippen molar-refractivity contribution in [2.24, 2.45) is 94.2 Å². The summed E-state index contributed by atoms with van der Waals surface area (Å²) >= 11 is 0. The standard InChI is InChI=1S/C14H24.C12H20.C11H16O2.2C11H18.C10H16.C9H14/c1-4-6-8-13-10-9-12(3)11-14(13)7-5-2;1-3-7-12-9-6-4-5-8-11(2)10-12;1-4-5-9-6-7-11(2,8-9)10(12)13-3;1-4-5-11-8-9(2)6-7-10(11)3;1-3-6-11-8-5-4-7-10(2)9-11;1-3-5-10-7-4-6-9(2)8-10;1-3-4-9-6-5-8(2)7-9/h12-14H,4,6,8-11H2,1-3H3;11-12H,4-6,8-10H2,1-2H3;9H,6-8H2,1-3H3;9-11H,6-8H2,1-3H3;10-11H,4-5,7-9H2,1-2H3;9-10H,4,6-8H2,1-2H3;8-9H,5-7H2,1-2H3. The number of methoxy groups -OCH3 is 1. The lowest BCUT2D eigenvalue weighted by molar-refractivity contribution is -0.151. The second kappa shape index (κ2) is 45.8. The predicted octanol–water partition coefficient (Wildman–Crippen LogP) is 21.4.